The van der Waals surface area contributed by atoms with Crippen molar-refractivity contribution in [2.75, 3.05) is 5.73 Å². The summed E-state index contributed by atoms with van der Waals surface area (Å²) in [4.78, 5) is 7.70. The highest BCUT2D eigenvalue weighted by Crippen LogP contribution is 2.36. The molecule has 2 aromatic rings. The van der Waals surface area contributed by atoms with Gasteiger partial charge in [-0.25, -0.2) is 9.97 Å². The highest BCUT2D eigenvalue weighted by atomic mass is 35.5. The van der Waals surface area contributed by atoms with Crippen LogP contribution < -0.4 is 5.73 Å². The van der Waals surface area contributed by atoms with Crippen molar-refractivity contribution in [3.8, 4) is 0 Å². The van der Waals surface area contributed by atoms with E-state index in [0.29, 0.717) is 10.7 Å². The van der Waals surface area contributed by atoms with Crippen LogP contribution in [0.15, 0.2) is 40.6 Å². The van der Waals surface area contributed by atoms with Gasteiger partial charge in [0.1, 0.15) is 10.1 Å². The van der Waals surface area contributed by atoms with Crippen molar-refractivity contribution in [1.29, 1.82) is 0 Å². The fourth-order valence-corrected chi connectivity index (χ4v) is 2.26. The van der Waals surface area contributed by atoms with E-state index in [4.69, 9.17) is 17.3 Å². The van der Waals surface area contributed by atoms with E-state index in [2.05, 4.69) is 9.97 Å². The average molecular weight is 306 g/mol. The predicted octanol–water partition coefficient (Wildman–Crippen LogP) is 3.88. The Bertz CT molecular complexity index is 604. The van der Waals surface area contributed by atoms with Gasteiger partial charge in [0.2, 0.25) is 0 Å². The Morgan fingerprint density at radius 3 is 2.53 bits per heavy atom. The van der Waals surface area contributed by atoms with Gasteiger partial charge in [0.05, 0.1) is 16.3 Å². The standard InChI is InChI=1S/C11H7ClF3N3S/c12-7-4-6(11(13,14)15)5-18-9(7)19-10-8(16)2-1-3-17-10/h1-5H,16H2. The van der Waals surface area contributed by atoms with Crippen molar-refractivity contribution in [1.82, 2.24) is 9.97 Å². The number of pyridine rings is 2. The summed E-state index contributed by atoms with van der Waals surface area (Å²) in [7, 11) is 0. The second-order valence-electron chi connectivity index (χ2n) is 3.51. The van der Waals surface area contributed by atoms with E-state index in [1.807, 2.05) is 0 Å². The molecule has 0 spiro atoms. The van der Waals surface area contributed by atoms with Gasteiger partial charge in [0, 0.05) is 12.4 Å². The highest BCUT2D eigenvalue weighted by Gasteiger charge is 2.31. The van der Waals surface area contributed by atoms with Crippen molar-refractivity contribution < 1.29 is 13.2 Å². The average Bonchev–Trinajstić information content (AvgIpc) is 2.33. The Hall–Kier alpha value is -1.47. The van der Waals surface area contributed by atoms with Gasteiger partial charge in [0.15, 0.2) is 0 Å². The van der Waals surface area contributed by atoms with E-state index in [-0.39, 0.29) is 10.0 Å². The number of hydrogen-bond acceptors (Lipinski definition) is 4. The lowest BCUT2D eigenvalue weighted by Crippen LogP contribution is -2.05. The minimum atomic E-state index is -4.47. The molecule has 0 amide bonds. The lowest BCUT2D eigenvalue weighted by molar-refractivity contribution is -0.137. The zero-order valence-corrected chi connectivity index (χ0v) is 10.9. The van der Waals surface area contributed by atoms with Gasteiger partial charge in [-0.3, -0.25) is 0 Å². The van der Waals surface area contributed by atoms with Crippen LogP contribution in [0.1, 0.15) is 5.56 Å². The van der Waals surface area contributed by atoms with Crippen LogP contribution in [0.4, 0.5) is 18.9 Å². The monoisotopic (exact) mass is 305 g/mol. The van der Waals surface area contributed by atoms with E-state index >= 15 is 0 Å². The Labute approximate surface area is 116 Å². The third-order valence-corrected chi connectivity index (χ3v) is 3.58. The zero-order chi connectivity index (χ0) is 14.0. The zero-order valence-electron chi connectivity index (χ0n) is 9.28. The van der Waals surface area contributed by atoms with Crippen LogP contribution in [0, 0.1) is 0 Å². The van der Waals surface area contributed by atoms with Gasteiger partial charge < -0.3 is 5.73 Å². The van der Waals surface area contributed by atoms with Gasteiger partial charge in [-0.15, -0.1) is 0 Å². The maximum atomic E-state index is 12.5. The molecule has 0 atom stereocenters. The van der Waals surface area contributed by atoms with E-state index in [1.54, 1.807) is 12.1 Å². The van der Waals surface area contributed by atoms with Gasteiger partial charge in [0.25, 0.3) is 0 Å². The molecule has 0 saturated carbocycles. The molecule has 2 N–H and O–H groups in total. The number of rotatable bonds is 2. The van der Waals surface area contributed by atoms with Gasteiger partial charge in [-0.05, 0) is 30.0 Å². The van der Waals surface area contributed by atoms with Crippen molar-refractivity contribution in [2.45, 2.75) is 16.2 Å². The van der Waals surface area contributed by atoms with Crippen LogP contribution in [-0.4, -0.2) is 9.97 Å². The third-order valence-electron chi connectivity index (χ3n) is 2.13. The first-order chi connectivity index (χ1) is 8.88. The van der Waals surface area contributed by atoms with E-state index in [1.165, 1.54) is 6.20 Å². The molecule has 0 saturated heterocycles. The molecule has 0 unspecified atom stereocenters. The molecule has 2 heterocycles. The molecule has 0 aliphatic heterocycles. The fourth-order valence-electron chi connectivity index (χ4n) is 1.24. The lowest BCUT2D eigenvalue weighted by atomic mass is 10.3. The summed E-state index contributed by atoms with van der Waals surface area (Å²) in [5.41, 5.74) is 5.20. The molecule has 2 rings (SSSR count). The fraction of sp³-hybridized carbons (Fsp3) is 0.0909. The van der Waals surface area contributed by atoms with Crippen LogP contribution in [-0.2, 0) is 6.18 Å². The lowest BCUT2D eigenvalue weighted by Gasteiger charge is -2.09. The van der Waals surface area contributed by atoms with Crippen molar-refractivity contribution in [3.63, 3.8) is 0 Å². The number of aromatic nitrogens is 2. The smallest absolute Gasteiger partial charge is 0.397 e. The number of anilines is 1. The maximum Gasteiger partial charge on any atom is 0.417 e. The summed E-state index contributed by atoms with van der Waals surface area (Å²) in [5, 5.41) is 0.571. The first kappa shape index (κ1) is 14.0. The van der Waals surface area contributed by atoms with Gasteiger partial charge >= 0.3 is 6.18 Å². The topological polar surface area (TPSA) is 51.8 Å². The number of nitrogen functional groups attached to an aromatic ring is 1. The Morgan fingerprint density at radius 1 is 1.21 bits per heavy atom. The maximum absolute atomic E-state index is 12.5. The van der Waals surface area contributed by atoms with Crippen LogP contribution >= 0.6 is 23.4 Å². The molecule has 0 fully saturated rings. The normalized spacial score (nSPS) is 11.6. The molecule has 0 aromatic carbocycles. The summed E-state index contributed by atoms with van der Waals surface area (Å²) >= 11 is 6.80. The first-order valence-electron chi connectivity index (χ1n) is 4.99. The first-order valence-corrected chi connectivity index (χ1v) is 6.18. The summed E-state index contributed by atoms with van der Waals surface area (Å²) in [6, 6.07) is 4.12. The number of nitrogens with two attached hydrogens (primary N) is 1. The number of halogens is 4. The van der Waals surface area contributed by atoms with E-state index in [0.717, 1.165) is 24.0 Å². The molecule has 8 heteroatoms. The Balaban J connectivity index is 2.30. The van der Waals surface area contributed by atoms with Crippen LogP contribution in [0.3, 0.4) is 0 Å². The Morgan fingerprint density at radius 2 is 1.95 bits per heavy atom. The molecule has 0 aliphatic carbocycles. The van der Waals surface area contributed by atoms with Crippen LogP contribution in [0.5, 0.6) is 0 Å². The number of alkyl halides is 3. The van der Waals surface area contributed by atoms with E-state index < -0.39 is 11.7 Å². The largest absolute Gasteiger partial charge is 0.417 e. The van der Waals surface area contributed by atoms with Crippen LogP contribution in [0.25, 0.3) is 0 Å². The Kier molecular flexibility index (Phi) is 3.86. The van der Waals surface area contributed by atoms with Crippen molar-refractivity contribution >= 4 is 29.1 Å². The second kappa shape index (κ2) is 5.26. The highest BCUT2D eigenvalue weighted by molar-refractivity contribution is 7.99. The quantitative estimate of drug-likeness (QED) is 0.914. The number of nitrogens with zero attached hydrogens (tertiary/aromatic N) is 2. The summed E-state index contributed by atoms with van der Waals surface area (Å²) in [5.74, 6) is 0. The molecule has 100 valence electrons. The molecule has 3 nitrogen and oxygen atoms in total. The van der Waals surface area contributed by atoms with Gasteiger partial charge in [-0.2, -0.15) is 13.2 Å². The summed E-state index contributed by atoms with van der Waals surface area (Å²) in [6.45, 7) is 0. The third kappa shape index (κ3) is 3.30. The summed E-state index contributed by atoms with van der Waals surface area (Å²) in [6.07, 6.45) is -2.21. The van der Waals surface area contributed by atoms with Crippen molar-refractivity contribution in [3.05, 3.63) is 41.2 Å². The van der Waals surface area contributed by atoms with Crippen LogP contribution in [0.2, 0.25) is 5.02 Å². The van der Waals surface area contributed by atoms with Gasteiger partial charge in [-0.1, -0.05) is 11.6 Å². The SMILES string of the molecule is Nc1cccnc1Sc1ncc(C(F)(F)F)cc1Cl. The molecule has 0 bridgehead atoms. The molecular formula is C11H7ClF3N3S. The van der Waals surface area contributed by atoms with Crippen molar-refractivity contribution in [2.24, 2.45) is 0 Å². The molecule has 2 aromatic heterocycles. The minimum absolute atomic E-state index is 0.0927. The molecule has 0 aliphatic rings. The second-order valence-corrected chi connectivity index (χ2v) is 4.89. The molecular weight excluding hydrogens is 299 g/mol. The molecule has 0 radical (unpaired) electrons. The minimum Gasteiger partial charge on any atom is -0.397 e. The predicted molar refractivity (Wildman–Crippen MR) is 67.0 cm³/mol. The summed E-state index contributed by atoms with van der Waals surface area (Å²) < 4.78 is 37.4. The van der Waals surface area contributed by atoms with E-state index in [9.17, 15) is 13.2 Å². The number of hydrogen-bond donors (Lipinski definition) is 1. The molecule has 19 heavy (non-hydrogen) atoms.